The van der Waals surface area contributed by atoms with Crippen LogP contribution in [-0.2, 0) is 16.6 Å². The molecule has 0 aliphatic carbocycles. The van der Waals surface area contributed by atoms with Crippen LogP contribution in [0.4, 0.5) is 5.13 Å². The molecule has 0 unspecified atom stereocenters. The normalized spacial score (nSPS) is 11.8. The van der Waals surface area contributed by atoms with Crippen molar-refractivity contribution in [2.75, 3.05) is 11.3 Å². The summed E-state index contributed by atoms with van der Waals surface area (Å²) in [6.07, 6.45) is 0. The van der Waals surface area contributed by atoms with E-state index >= 15 is 0 Å². The highest BCUT2D eigenvalue weighted by molar-refractivity contribution is 7.93. The van der Waals surface area contributed by atoms with E-state index in [9.17, 15) is 8.42 Å². The Morgan fingerprint density at radius 1 is 1.30 bits per heavy atom. The molecular weight excluding hydrogens is 316 g/mol. The number of hydrogen-bond donors (Lipinski definition) is 2. The van der Waals surface area contributed by atoms with Crippen LogP contribution in [0.2, 0.25) is 0 Å². The number of aryl methyl sites for hydroxylation is 2. The van der Waals surface area contributed by atoms with Gasteiger partial charge < -0.3 is 5.32 Å². The van der Waals surface area contributed by atoms with Crippen molar-refractivity contribution in [3.8, 4) is 0 Å². The number of anilines is 1. The van der Waals surface area contributed by atoms with Gasteiger partial charge in [-0.3, -0.25) is 4.72 Å². The smallest absolute Gasteiger partial charge is 0.265 e. The van der Waals surface area contributed by atoms with Gasteiger partial charge in [0.2, 0.25) is 5.13 Å². The quantitative estimate of drug-likeness (QED) is 0.846. The molecule has 2 aromatic rings. The lowest BCUT2D eigenvalue weighted by molar-refractivity contribution is 0.598. The van der Waals surface area contributed by atoms with Crippen molar-refractivity contribution in [1.82, 2.24) is 15.5 Å². The highest BCUT2D eigenvalue weighted by Crippen LogP contribution is 2.29. The minimum Gasteiger partial charge on any atom is -0.312 e. The topological polar surface area (TPSA) is 84.0 Å². The summed E-state index contributed by atoms with van der Waals surface area (Å²) in [6.45, 7) is 6.89. The zero-order valence-electron chi connectivity index (χ0n) is 11.4. The van der Waals surface area contributed by atoms with Crippen molar-refractivity contribution in [2.24, 2.45) is 0 Å². The molecule has 2 N–H and O–H groups in total. The molecule has 0 bridgehead atoms. The summed E-state index contributed by atoms with van der Waals surface area (Å²) < 4.78 is 27.5. The fourth-order valence-electron chi connectivity index (χ4n) is 1.71. The molecule has 0 atom stereocenters. The van der Waals surface area contributed by atoms with Gasteiger partial charge in [-0.05, 0) is 31.3 Å². The lowest BCUT2D eigenvalue weighted by Gasteiger charge is -2.08. The molecule has 110 valence electrons. The van der Waals surface area contributed by atoms with Crippen molar-refractivity contribution >= 4 is 37.8 Å². The minimum atomic E-state index is -3.62. The number of sulfonamides is 1. The van der Waals surface area contributed by atoms with Crippen molar-refractivity contribution in [3.05, 3.63) is 20.8 Å². The molecule has 0 saturated heterocycles. The van der Waals surface area contributed by atoms with Gasteiger partial charge in [-0.25, -0.2) is 8.42 Å². The van der Waals surface area contributed by atoms with E-state index in [2.05, 4.69) is 20.2 Å². The molecule has 0 aromatic carbocycles. The van der Waals surface area contributed by atoms with E-state index in [0.29, 0.717) is 16.6 Å². The summed E-state index contributed by atoms with van der Waals surface area (Å²) >= 11 is 2.66. The molecule has 0 amide bonds. The Labute approximate surface area is 126 Å². The Morgan fingerprint density at radius 2 is 2.05 bits per heavy atom. The number of nitrogens with zero attached hydrogens (tertiary/aromatic N) is 2. The van der Waals surface area contributed by atoms with Crippen LogP contribution in [0.5, 0.6) is 0 Å². The van der Waals surface area contributed by atoms with Gasteiger partial charge in [0.1, 0.15) is 9.90 Å². The maximum atomic E-state index is 12.5. The maximum Gasteiger partial charge on any atom is 0.265 e. The lowest BCUT2D eigenvalue weighted by Crippen LogP contribution is -2.18. The van der Waals surface area contributed by atoms with Crippen LogP contribution < -0.4 is 10.0 Å². The molecule has 6 nitrogen and oxygen atoms in total. The van der Waals surface area contributed by atoms with Gasteiger partial charge in [-0.2, -0.15) is 0 Å². The lowest BCUT2D eigenvalue weighted by atomic mass is 10.3. The van der Waals surface area contributed by atoms with Crippen LogP contribution >= 0.6 is 22.7 Å². The van der Waals surface area contributed by atoms with Gasteiger partial charge in [-0.1, -0.05) is 18.3 Å². The van der Waals surface area contributed by atoms with Gasteiger partial charge in [0.05, 0.1) is 0 Å². The number of aromatic nitrogens is 2. The molecule has 0 aliphatic rings. The Kier molecular flexibility index (Phi) is 4.74. The standard InChI is InChI=1S/C11H16N4O2S3/c1-4-12-5-9-10(7(2)6-18-9)20(16,17)15-11-14-13-8(3)19-11/h6,12H,4-5H2,1-3H3,(H,14,15). The maximum absolute atomic E-state index is 12.5. The third-order valence-corrected chi connectivity index (χ3v) is 6.23. The van der Waals surface area contributed by atoms with Crippen LogP contribution in [0.3, 0.4) is 0 Å². The van der Waals surface area contributed by atoms with E-state index in [1.54, 1.807) is 13.8 Å². The Hall–Kier alpha value is -1.03. The van der Waals surface area contributed by atoms with E-state index in [4.69, 9.17) is 0 Å². The molecule has 2 rings (SSSR count). The van der Waals surface area contributed by atoms with Crippen molar-refractivity contribution in [3.63, 3.8) is 0 Å². The SMILES string of the molecule is CCNCc1scc(C)c1S(=O)(=O)Nc1nnc(C)s1. The van der Waals surface area contributed by atoms with E-state index < -0.39 is 10.0 Å². The fourth-order valence-corrected chi connectivity index (χ4v) is 5.32. The predicted octanol–water partition coefficient (Wildman–Crippen LogP) is 2.13. The molecule has 0 spiro atoms. The average Bonchev–Trinajstić information content (AvgIpc) is 2.93. The summed E-state index contributed by atoms with van der Waals surface area (Å²) in [5.74, 6) is 0. The van der Waals surface area contributed by atoms with E-state index in [1.165, 1.54) is 22.7 Å². The third-order valence-electron chi connectivity index (χ3n) is 2.54. The monoisotopic (exact) mass is 332 g/mol. The zero-order chi connectivity index (χ0) is 14.8. The average molecular weight is 332 g/mol. The second-order valence-corrected chi connectivity index (χ2v) is 7.95. The highest BCUT2D eigenvalue weighted by atomic mass is 32.2. The molecule has 0 aliphatic heterocycles. The molecule has 2 heterocycles. The van der Waals surface area contributed by atoms with Crippen LogP contribution in [0.1, 0.15) is 22.4 Å². The minimum absolute atomic E-state index is 0.294. The first-order chi connectivity index (χ1) is 9.44. The molecule has 20 heavy (non-hydrogen) atoms. The first-order valence-electron chi connectivity index (χ1n) is 6.04. The summed E-state index contributed by atoms with van der Waals surface area (Å²) in [4.78, 5) is 1.15. The number of nitrogens with one attached hydrogen (secondary N) is 2. The van der Waals surface area contributed by atoms with Gasteiger partial charge in [-0.15, -0.1) is 21.5 Å². The number of hydrogen-bond acceptors (Lipinski definition) is 7. The van der Waals surface area contributed by atoms with Gasteiger partial charge in [0, 0.05) is 11.4 Å². The molecule has 0 fully saturated rings. The highest BCUT2D eigenvalue weighted by Gasteiger charge is 2.24. The first-order valence-corrected chi connectivity index (χ1v) is 9.22. The first kappa shape index (κ1) is 15.4. The predicted molar refractivity (Wildman–Crippen MR) is 81.9 cm³/mol. The number of rotatable bonds is 6. The molecular formula is C11H16N4O2S3. The van der Waals surface area contributed by atoms with E-state index in [0.717, 1.165) is 22.0 Å². The third kappa shape index (κ3) is 3.35. The Balaban J connectivity index is 2.31. The second-order valence-electron chi connectivity index (χ2n) is 4.18. The van der Waals surface area contributed by atoms with Crippen molar-refractivity contribution in [2.45, 2.75) is 32.2 Å². The summed E-state index contributed by atoms with van der Waals surface area (Å²) in [7, 11) is -3.62. The van der Waals surface area contributed by atoms with Gasteiger partial charge in [0.15, 0.2) is 0 Å². The second kappa shape index (κ2) is 6.17. The van der Waals surface area contributed by atoms with Crippen LogP contribution in [0, 0.1) is 13.8 Å². The van der Waals surface area contributed by atoms with Gasteiger partial charge in [0.25, 0.3) is 10.0 Å². The summed E-state index contributed by atoms with van der Waals surface area (Å²) in [5.41, 5.74) is 0.747. The number of thiophene rings is 1. The zero-order valence-corrected chi connectivity index (χ0v) is 13.9. The molecule has 2 aromatic heterocycles. The summed E-state index contributed by atoms with van der Waals surface area (Å²) in [5, 5.41) is 13.6. The van der Waals surface area contributed by atoms with E-state index in [1.807, 2.05) is 12.3 Å². The summed E-state index contributed by atoms with van der Waals surface area (Å²) in [6, 6.07) is 0. The van der Waals surface area contributed by atoms with Crippen LogP contribution in [0.15, 0.2) is 10.3 Å². The Morgan fingerprint density at radius 3 is 2.65 bits per heavy atom. The molecule has 0 radical (unpaired) electrons. The molecule has 9 heteroatoms. The van der Waals surface area contributed by atoms with Crippen molar-refractivity contribution < 1.29 is 8.42 Å². The molecule has 0 saturated carbocycles. The largest absolute Gasteiger partial charge is 0.312 e. The fraction of sp³-hybridized carbons (Fsp3) is 0.455. The Bertz CT molecular complexity index is 690. The van der Waals surface area contributed by atoms with Crippen LogP contribution in [0.25, 0.3) is 0 Å². The van der Waals surface area contributed by atoms with Gasteiger partial charge >= 0.3 is 0 Å². The van der Waals surface area contributed by atoms with Crippen LogP contribution in [-0.4, -0.2) is 25.2 Å². The van der Waals surface area contributed by atoms with Crippen molar-refractivity contribution in [1.29, 1.82) is 0 Å². The van der Waals surface area contributed by atoms with E-state index in [-0.39, 0.29) is 0 Å².